The molecule has 2 aromatic rings. The zero-order valence-electron chi connectivity index (χ0n) is 11.0. The predicted molar refractivity (Wildman–Crippen MR) is 71.0 cm³/mol. The molecule has 0 fully saturated rings. The van der Waals surface area contributed by atoms with Crippen LogP contribution in [0, 0.1) is 18.6 Å². The van der Waals surface area contributed by atoms with Crippen LogP contribution in [0.5, 0.6) is 0 Å². The number of benzene rings is 1. The van der Waals surface area contributed by atoms with Crippen LogP contribution in [0.15, 0.2) is 23.0 Å². The molecule has 0 saturated heterocycles. The number of carbonyl (C=O) groups excluding carboxylic acids is 1. The maximum atomic E-state index is 14.0. The molecule has 3 rings (SSSR count). The van der Waals surface area contributed by atoms with Gasteiger partial charge in [0, 0.05) is 12.3 Å². The average Bonchev–Trinajstić information content (AvgIpc) is 2.39. The van der Waals surface area contributed by atoms with Crippen LogP contribution in [-0.2, 0) is 4.79 Å². The van der Waals surface area contributed by atoms with Crippen LogP contribution in [0.1, 0.15) is 29.3 Å². The smallest absolute Gasteiger partial charge is 0.256 e. The zero-order valence-corrected chi connectivity index (χ0v) is 11.0. The van der Waals surface area contributed by atoms with Crippen molar-refractivity contribution in [1.29, 1.82) is 0 Å². The Bertz CT molecular complexity index is 801. The number of aromatic amines is 1. The molecular formula is C14H11F2N3O2. The molecule has 0 radical (unpaired) electrons. The molecular weight excluding hydrogens is 280 g/mol. The summed E-state index contributed by atoms with van der Waals surface area (Å²) in [6, 6.07) is 2.97. The first-order chi connectivity index (χ1) is 9.95. The number of nitrogens with zero attached hydrogens (tertiary/aromatic N) is 1. The van der Waals surface area contributed by atoms with Crippen molar-refractivity contribution < 1.29 is 13.6 Å². The molecule has 0 bridgehead atoms. The van der Waals surface area contributed by atoms with Crippen LogP contribution in [0.4, 0.5) is 14.6 Å². The van der Waals surface area contributed by atoms with E-state index >= 15 is 0 Å². The van der Waals surface area contributed by atoms with Gasteiger partial charge in [-0.2, -0.15) is 0 Å². The lowest BCUT2D eigenvalue weighted by atomic mass is 9.86. The highest BCUT2D eigenvalue weighted by molar-refractivity contribution is 5.94. The number of H-pyrrole nitrogens is 1. The lowest BCUT2D eigenvalue weighted by molar-refractivity contribution is -0.116. The number of fused-ring (bicyclic) bond motifs is 1. The van der Waals surface area contributed by atoms with Gasteiger partial charge in [-0.1, -0.05) is 0 Å². The van der Waals surface area contributed by atoms with Gasteiger partial charge in [-0.05, 0) is 30.7 Å². The molecule has 21 heavy (non-hydrogen) atoms. The van der Waals surface area contributed by atoms with E-state index in [0.717, 1.165) is 18.2 Å². The van der Waals surface area contributed by atoms with Crippen molar-refractivity contribution >= 4 is 11.7 Å². The summed E-state index contributed by atoms with van der Waals surface area (Å²) in [5, 5.41) is 2.49. The maximum absolute atomic E-state index is 14.0. The molecule has 1 aromatic heterocycles. The van der Waals surface area contributed by atoms with Crippen molar-refractivity contribution in [1.82, 2.24) is 9.97 Å². The van der Waals surface area contributed by atoms with Crippen molar-refractivity contribution in [3.8, 4) is 0 Å². The SMILES string of the molecule is Cc1nc2c(c(=O)[nH]1)[C@@H](c1cc(F)ccc1F)CC(=O)N2. The topological polar surface area (TPSA) is 74.8 Å². The lowest BCUT2D eigenvalue weighted by Gasteiger charge is -2.24. The molecule has 0 saturated carbocycles. The molecule has 1 aliphatic rings. The number of anilines is 1. The number of hydrogen-bond donors (Lipinski definition) is 2. The van der Waals surface area contributed by atoms with E-state index in [9.17, 15) is 18.4 Å². The summed E-state index contributed by atoms with van der Waals surface area (Å²) < 4.78 is 27.3. The maximum Gasteiger partial charge on any atom is 0.256 e. The number of nitrogens with one attached hydrogen (secondary N) is 2. The van der Waals surface area contributed by atoms with Gasteiger partial charge in [-0.15, -0.1) is 0 Å². The Hall–Kier alpha value is -2.57. The van der Waals surface area contributed by atoms with Gasteiger partial charge in [0.2, 0.25) is 5.91 Å². The molecule has 0 unspecified atom stereocenters. The molecule has 5 nitrogen and oxygen atoms in total. The number of halogens is 2. The number of aromatic nitrogens is 2. The summed E-state index contributed by atoms with van der Waals surface area (Å²) in [7, 11) is 0. The lowest BCUT2D eigenvalue weighted by Crippen LogP contribution is -2.31. The van der Waals surface area contributed by atoms with Crippen molar-refractivity contribution in [2.24, 2.45) is 0 Å². The Morgan fingerprint density at radius 3 is 2.81 bits per heavy atom. The fourth-order valence-corrected chi connectivity index (χ4v) is 2.53. The molecule has 1 atom stereocenters. The van der Waals surface area contributed by atoms with Crippen molar-refractivity contribution in [3.05, 3.63) is 57.1 Å². The molecule has 0 spiro atoms. The van der Waals surface area contributed by atoms with Gasteiger partial charge in [-0.25, -0.2) is 13.8 Å². The van der Waals surface area contributed by atoms with Gasteiger partial charge in [0.25, 0.3) is 5.56 Å². The summed E-state index contributed by atoms with van der Waals surface area (Å²) in [5.74, 6) is -2.12. The largest absolute Gasteiger partial charge is 0.310 e. The van der Waals surface area contributed by atoms with Crippen LogP contribution in [0.3, 0.4) is 0 Å². The van der Waals surface area contributed by atoms with E-state index in [1.165, 1.54) is 0 Å². The minimum absolute atomic E-state index is 0.0257. The number of aryl methyl sites for hydroxylation is 1. The number of amides is 1. The summed E-state index contributed by atoms with van der Waals surface area (Å²) in [6.07, 6.45) is -0.138. The van der Waals surface area contributed by atoms with Gasteiger partial charge >= 0.3 is 0 Å². The Labute approximate surface area is 118 Å². The number of carbonyl (C=O) groups is 1. The number of hydrogen-bond acceptors (Lipinski definition) is 3. The van der Waals surface area contributed by atoms with Crippen LogP contribution in [0.2, 0.25) is 0 Å². The van der Waals surface area contributed by atoms with Crippen LogP contribution in [-0.4, -0.2) is 15.9 Å². The highest BCUT2D eigenvalue weighted by Gasteiger charge is 2.32. The fraction of sp³-hybridized carbons (Fsp3) is 0.214. The van der Waals surface area contributed by atoms with E-state index < -0.39 is 29.0 Å². The van der Waals surface area contributed by atoms with Gasteiger partial charge in [0.15, 0.2) is 0 Å². The minimum atomic E-state index is -0.860. The van der Waals surface area contributed by atoms with Gasteiger partial charge in [0.1, 0.15) is 23.3 Å². The first-order valence-electron chi connectivity index (χ1n) is 6.31. The van der Waals surface area contributed by atoms with Crippen LogP contribution >= 0.6 is 0 Å². The van der Waals surface area contributed by atoms with E-state index in [0.29, 0.717) is 5.82 Å². The molecule has 1 amide bonds. The van der Waals surface area contributed by atoms with Gasteiger partial charge < -0.3 is 10.3 Å². The summed E-state index contributed by atoms with van der Waals surface area (Å²) >= 11 is 0. The fourth-order valence-electron chi connectivity index (χ4n) is 2.53. The van der Waals surface area contributed by atoms with Crippen LogP contribution < -0.4 is 10.9 Å². The van der Waals surface area contributed by atoms with E-state index in [2.05, 4.69) is 15.3 Å². The summed E-state index contributed by atoms with van der Waals surface area (Å²) in [6.45, 7) is 1.57. The predicted octanol–water partition coefficient (Wildman–Crippen LogP) is 1.83. The van der Waals surface area contributed by atoms with E-state index in [1.807, 2.05) is 0 Å². The summed E-state index contributed by atoms with van der Waals surface area (Å²) in [5.41, 5.74) is -0.349. The number of rotatable bonds is 1. The third kappa shape index (κ3) is 2.31. The normalized spacial score (nSPS) is 17.3. The molecule has 7 heteroatoms. The second-order valence-corrected chi connectivity index (χ2v) is 4.88. The Kier molecular flexibility index (Phi) is 3.04. The zero-order chi connectivity index (χ0) is 15.1. The first kappa shape index (κ1) is 13.4. The van der Waals surface area contributed by atoms with Crippen molar-refractivity contribution in [3.63, 3.8) is 0 Å². The molecule has 2 heterocycles. The van der Waals surface area contributed by atoms with E-state index in [4.69, 9.17) is 0 Å². The van der Waals surface area contributed by atoms with Crippen molar-refractivity contribution in [2.75, 3.05) is 5.32 Å². The van der Waals surface area contributed by atoms with E-state index in [1.54, 1.807) is 6.92 Å². The Morgan fingerprint density at radius 1 is 1.29 bits per heavy atom. The van der Waals surface area contributed by atoms with Crippen LogP contribution in [0.25, 0.3) is 0 Å². The molecule has 0 aliphatic carbocycles. The highest BCUT2D eigenvalue weighted by Crippen LogP contribution is 2.35. The third-order valence-corrected chi connectivity index (χ3v) is 3.40. The first-order valence-corrected chi connectivity index (χ1v) is 6.31. The van der Waals surface area contributed by atoms with Crippen molar-refractivity contribution in [2.45, 2.75) is 19.3 Å². The standard InChI is InChI=1S/C14H11F2N3O2/c1-6-17-13-12(14(21)18-6)9(5-11(20)19-13)8-4-7(15)2-3-10(8)16/h2-4,9H,5H2,1H3,(H2,17,18,19,20,21)/t9-/m1/s1. The van der Waals surface area contributed by atoms with E-state index in [-0.39, 0.29) is 23.4 Å². The Morgan fingerprint density at radius 2 is 2.05 bits per heavy atom. The minimum Gasteiger partial charge on any atom is -0.310 e. The van der Waals surface area contributed by atoms with Gasteiger partial charge in [-0.3, -0.25) is 9.59 Å². The average molecular weight is 291 g/mol. The summed E-state index contributed by atoms with van der Waals surface area (Å²) in [4.78, 5) is 30.4. The second kappa shape index (κ2) is 4.76. The second-order valence-electron chi connectivity index (χ2n) is 4.88. The molecule has 1 aliphatic heterocycles. The molecule has 108 valence electrons. The monoisotopic (exact) mass is 291 g/mol. The molecule has 1 aromatic carbocycles. The molecule has 2 N–H and O–H groups in total. The van der Waals surface area contributed by atoms with Gasteiger partial charge in [0.05, 0.1) is 5.56 Å². The quantitative estimate of drug-likeness (QED) is 0.841. The Balaban J connectivity index is 2.24. The third-order valence-electron chi connectivity index (χ3n) is 3.40. The highest BCUT2D eigenvalue weighted by atomic mass is 19.1.